The van der Waals surface area contributed by atoms with E-state index in [1.54, 1.807) is 4.90 Å². The van der Waals surface area contributed by atoms with Gasteiger partial charge in [-0.05, 0) is 67.7 Å². The predicted octanol–water partition coefficient (Wildman–Crippen LogP) is 4.65. The first-order chi connectivity index (χ1) is 17.8. The molecule has 2 aromatic carbocycles. The summed E-state index contributed by atoms with van der Waals surface area (Å²) in [6.07, 6.45) is 4.90. The van der Waals surface area contributed by atoms with Crippen molar-refractivity contribution in [1.82, 2.24) is 4.90 Å². The van der Waals surface area contributed by atoms with Crippen LogP contribution < -0.4 is 5.73 Å². The predicted molar refractivity (Wildman–Crippen MR) is 139 cm³/mol. The van der Waals surface area contributed by atoms with Gasteiger partial charge in [0.2, 0.25) is 5.91 Å². The number of Topliss-reactive ketones (excluding diaryl/α,β-unsaturated/α-hetero) is 1. The summed E-state index contributed by atoms with van der Waals surface area (Å²) < 4.78 is 19.5. The smallest absolute Gasteiger partial charge is 0.337 e. The molecule has 2 aliphatic rings. The van der Waals surface area contributed by atoms with E-state index < -0.39 is 17.8 Å². The maximum Gasteiger partial charge on any atom is 0.337 e. The standard InChI is InChI=1S/C30H37FN2O4/c1-3-26(32)20-9-11-21(12-10-20)29(35)33-16-15-24(19-7-5-4-6-8-19)28(33)27(34)18-22-13-14-23(17-25(22)31)30(36)37-2/h4-8,13-14,17,20-21,24,26,28H,3,9-12,15-16,18,32H2,1-2H3/t20?,21?,24-,26?,28+/m1/s1. The molecule has 2 N–H and O–H groups in total. The van der Waals surface area contributed by atoms with Crippen LogP contribution in [0.2, 0.25) is 0 Å². The second kappa shape index (κ2) is 12.0. The average Bonchev–Trinajstić information content (AvgIpc) is 3.39. The highest BCUT2D eigenvalue weighted by molar-refractivity contribution is 5.93. The summed E-state index contributed by atoms with van der Waals surface area (Å²) >= 11 is 0. The van der Waals surface area contributed by atoms with Crippen LogP contribution in [-0.2, 0) is 20.7 Å². The number of nitrogens with two attached hydrogens (primary N) is 1. The minimum atomic E-state index is -0.648. The molecular formula is C30H37FN2O4. The lowest BCUT2D eigenvalue weighted by molar-refractivity contribution is -0.142. The Morgan fingerprint density at radius 1 is 1.05 bits per heavy atom. The van der Waals surface area contributed by atoms with E-state index in [0.29, 0.717) is 18.9 Å². The van der Waals surface area contributed by atoms with Crippen molar-refractivity contribution in [3.8, 4) is 0 Å². The van der Waals surface area contributed by atoms with Gasteiger partial charge in [-0.15, -0.1) is 0 Å². The molecule has 1 aliphatic heterocycles. The molecular weight excluding hydrogens is 471 g/mol. The molecule has 4 rings (SSSR count). The molecule has 37 heavy (non-hydrogen) atoms. The summed E-state index contributed by atoms with van der Waals surface area (Å²) in [5, 5.41) is 0. The molecule has 2 aromatic rings. The molecule has 3 atom stereocenters. The topological polar surface area (TPSA) is 89.7 Å². The van der Waals surface area contributed by atoms with Crippen molar-refractivity contribution in [2.24, 2.45) is 17.6 Å². The monoisotopic (exact) mass is 508 g/mol. The third-order valence-electron chi connectivity index (χ3n) is 8.28. The number of nitrogens with zero attached hydrogens (tertiary/aromatic N) is 1. The van der Waals surface area contributed by atoms with E-state index in [1.165, 1.54) is 19.2 Å². The zero-order chi connectivity index (χ0) is 26.5. The highest BCUT2D eigenvalue weighted by Gasteiger charge is 2.44. The van der Waals surface area contributed by atoms with Crippen molar-refractivity contribution in [3.05, 3.63) is 71.0 Å². The minimum Gasteiger partial charge on any atom is -0.465 e. The van der Waals surface area contributed by atoms with Crippen molar-refractivity contribution in [2.45, 2.75) is 69.9 Å². The van der Waals surface area contributed by atoms with Crippen molar-refractivity contribution in [3.63, 3.8) is 0 Å². The summed E-state index contributed by atoms with van der Waals surface area (Å²) in [5.41, 5.74) is 7.57. The average molecular weight is 509 g/mol. The molecule has 1 saturated carbocycles. The Balaban J connectivity index is 1.55. The van der Waals surface area contributed by atoms with Gasteiger partial charge in [-0.3, -0.25) is 9.59 Å². The number of ketones is 1. The van der Waals surface area contributed by atoms with Crippen LogP contribution >= 0.6 is 0 Å². The van der Waals surface area contributed by atoms with Gasteiger partial charge in [0.15, 0.2) is 5.78 Å². The third kappa shape index (κ3) is 5.93. The Morgan fingerprint density at radius 2 is 1.76 bits per heavy atom. The summed E-state index contributed by atoms with van der Waals surface area (Å²) in [5.74, 6) is -1.23. The lowest BCUT2D eigenvalue weighted by Crippen LogP contribution is -2.47. The maximum absolute atomic E-state index is 14.8. The summed E-state index contributed by atoms with van der Waals surface area (Å²) in [6.45, 7) is 2.60. The van der Waals surface area contributed by atoms with Gasteiger partial charge < -0.3 is 15.4 Å². The number of benzene rings is 2. The molecule has 0 radical (unpaired) electrons. The molecule has 0 aromatic heterocycles. The van der Waals surface area contributed by atoms with Crippen LogP contribution in [0, 0.1) is 17.7 Å². The lowest BCUT2D eigenvalue weighted by Gasteiger charge is -2.35. The molecule has 198 valence electrons. The van der Waals surface area contributed by atoms with Gasteiger partial charge >= 0.3 is 5.97 Å². The highest BCUT2D eigenvalue weighted by Crippen LogP contribution is 2.38. The largest absolute Gasteiger partial charge is 0.465 e. The Kier molecular flexibility index (Phi) is 8.75. The molecule has 7 heteroatoms. The number of rotatable bonds is 8. The molecule has 0 bridgehead atoms. The van der Waals surface area contributed by atoms with E-state index in [2.05, 4.69) is 11.7 Å². The Hall–Kier alpha value is -3.06. The Labute approximate surface area is 218 Å². The fourth-order valence-corrected chi connectivity index (χ4v) is 6.08. The fourth-order valence-electron chi connectivity index (χ4n) is 6.08. The van der Waals surface area contributed by atoms with Crippen LogP contribution in [0.4, 0.5) is 4.39 Å². The molecule has 1 aliphatic carbocycles. The number of methoxy groups -OCH3 is 1. The van der Waals surface area contributed by atoms with Crippen LogP contribution in [0.15, 0.2) is 48.5 Å². The first-order valence-electron chi connectivity index (χ1n) is 13.3. The molecule has 1 saturated heterocycles. The van der Waals surface area contributed by atoms with Crippen molar-refractivity contribution >= 4 is 17.7 Å². The molecule has 6 nitrogen and oxygen atoms in total. The van der Waals surface area contributed by atoms with Crippen LogP contribution in [0.1, 0.15) is 72.9 Å². The van der Waals surface area contributed by atoms with Crippen molar-refractivity contribution in [2.75, 3.05) is 13.7 Å². The molecule has 1 amide bonds. The minimum absolute atomic E-state index is 0.0295. The molecule has 1 heterocycles. The quantitative estimate of drug-likeness (QED) is 0.524. The number of ether oxygens (including phenoxy) is 1. The van der Waals surface area contributed by atoms with Crippen LogP contribution in [0.3, 0.4) is 0 Å². The SMILES string of the molecule is CCC(N)C1CCC(C(=O)N2CC[C@H](c3ccccc3)[C@H]2C(=O)Cc2ccc(C(=O)OC)cc2F)CC1. The zero-order valence-corrected chi connectivity index (χ0v) is 21.7. The first kappa shape index (κ1) is 27.0. The van der Waals surface area contributed by atoms with E-state index in [-0.39, 0.29) is 47.1 Å². The van der Waals surface area contributed by atoms with Gasteiger partial charge in [0.1, 0.15) is 5.82 Å². The van der Waals surface area contributed by atoms with Crippen LogP contribution in [0.5, 0.6) is 0 Å². The number of carbonyl (C=O) groups excluding carboxylic acids is 3. The van der Waals surface area contributed by atoms with E-state index in [4.69, 9.17) is 5.73 Å². The van der Waals surface area contributed by atoms with E-state index >= 15 is 0 Å². The summed E-state index contributed by atoms with van der Waals surface area (Å²) in [6, 6.07) is 13.3. The second-order valence-electron chi connectivity index (χ2n) is 10.4. The van der Waals surface area contributed by atoms with Crippen LogP contribution in [-0.4, -0.2) is 48.3 Å². The number of esters is 1. The number of likely N-dealkylation sites (tertiary alicyclic amines) is 1. The van der Waals surface area contributed by atoms with Gasteiger partial charge in [0.05, 0.1) is 18.7 Å². The number of amides is 1. The first-order valence-corrected chi connectivity index (χ1v) is 13.3. The molecule has 0 spiro atoms. The van der Waals surface area contributed by atoms with Gasteiger partial charge in [0.25, 0.3) is 0 Å². The van der Waals surface area contributed by atoms with Crippen molar-refractivity contribution < 1.29 is 23.5 Å². The number of hydrogen-bond donors (Lipinski definition) is 1. The van der Waals surface area contributed by atoms with E-state index in [1.807, 2.05) is 30.3 Å². The van der Waals surface area contributed by atoms with Gasteiger partial charge in [-0.25, -0.2) is 9.18 Å². The summed E-state index contributed by atoms with van der Waals surface area (Å²) in [7, 11) is 1.23. The Bertz CT molecular complexity index is 1110. The Morgan fingerprint density at radius 3 is 2.38 bits per heavy atom. The second-order valence-corrected chi connectivity index (χ2v) is 10.4. The molecule has 2 fully saturated rings. The zero-order valence-electron chi connectivity index (χ0n) is 21.7. The third-order valence-corrected chi connectivity index (χ3v) is 8.28. The normalized spacial score (nSPS) is 24.5. The van der Waals surface area contributed by atoms with E-state index in [0.717, 1.165) is 43.7 Å². The number of carbonyl (C=O) groups is 3. The maximum atomic E-state index is 14.8. The highest BCUT2D eigenvalue weighted by atomic mass is 19.1. The van der Waals surface area contributed by atoms with E-state index in [9.17, 15) is 18.8 Å². The summed E-state index contributed by atoms with van der Waals surface area (Å²) in [4.78, 5) is 41.0. The van der Waals surface area contributed by atoms with Gasteiger partial charge in [0, 0.05) is 30.8 Å². The van der Waals surface area contributed by atoms with Crippen LogP contribution in [0.25, 0.3) is 0 Å². The number of hydrogen-bond acceptors (Lipinski definition) is 5. The van der Waals surface area contributed by atoms with Gasteiger partial charge in [-0.1, -0.05) is 43.3 Å². The van der Waals surface area contributed by atoms with Gasteiger partial charge in [-0.2, -0.15) is 0 Å². The number of halogens is 1. The fraction of sp³-hybridized carbons (Fsp3) is 0.500. The lowest BCUT2D eigenvalue weighted by atomic mass is 9.77. The molecule has 1 unspecified atom stereocenters. The van der Waals surface area contributed by atoms with Crippen molar-refractivity contribution in [1.29, 1.82) is 0 Å².